The summed E-state index contributed by atoms with van der Waals surface area (Å²) in [7, 11) is 1.49. The molecule has 0 unspecified atom stereocenters. The quantitative estimate of drug-likeness (QED) is 0.824. The maximum Gasteiger partial charge on any atom is 0.265 e. The number of ether oxygens (including phenoxy) is 1. The molecule has 0 saturated carbocycles. The second-order valence-corrected chi connectivity index (χ2v) is 5.85. The van der Waals surface area contributed by atoms with Gasteiger partial charge in [0.05, 0.1) is 22.6 Å². The third-order valence-electron chi connectivity index (χ3n) is 2.94. The van der Waals surface area contributed by atoms with Crippen LogP contribution in [0.1, 0.15) is 33.2 Å². The number of hydrogen-bond donors (Lipinski definition) is 2. The van der Waals surface area contributed by atoms with Gasteiger partial charge < -0.3 is 15.4 Å². The van der Waals surface area contributed by atoms with Crippen LogP contribution in [-0.2, 0) is 4.79 Å². The molecule has 2 rings (SSSR count). The third-order valence-corrected chi connectivity index (χ3v) is 4.13. The maximum atomic E-state index is 12.3. The van der Waals surface area contributed by atoms with Crippen LogP contribution in [0.15, 0.2) is 30.3 Å². The van der Waals surface area contributed by atoms with Gasteiger partial charge >= 0.3 is 0 Å². The van der Waals surface area contributed by atoms with Crippen LogP contribution in [-0.4, -0.2) is 24.7 Å². The van der Waals surface area contributed by atoms with Crippen LogP contribution in [0.3, 0.4) is 0 Å². The number of Topliss-reactive ketones (excluding diaryl/α,β-unsaturated/α-hetero) is 1. The summed E-state index contributed by atoms with van der Waals surface area (Å²) < 4.78 is 5.21. The lowest BCUT2D eigenvalue weighted by Crippen LogP contribution is -2.12. The van der Waals surface area contributed by atoms with Crippen molar-refractivity contribution in [3.8, 4) is 5.75 Å². The second kappa shape index (κ2) is 7.06. The molecule has 1 heterocycles. The summed E-state index contributed by atoms with van der Waals surface area (Å²) >= 11 is 1.12. The molecule has 0 fully saturated rings. The van der Waals surface area contributed by atoms with Gasteiger partial charge in [0.2, 0.25) is 5.91 Å². The van der Waals surface area contributed by atoms with Gasteiger partial charge in [0.15, 0.2) is 5.78 Å². The lowest BCUT2D eigenvalue weighted by atomic mass is 10.2. The summed E-state index contributed by atoms with van der Waals surface area (Å²) in [5.41, 5.74) is 0.978. The Morgan fingerprint density at radius 1 is 1.00 bits per heavy atom. The molecule has 0 aliphatic rings. The molecule has 23 heavy (non-hydrogen) atoms. The van der Waals surface area contributed by atoms with Crippen LogP contribution in [0.4, 0.5) is 11.4 Å². The number of hydrogen-bond acceptors (Lipinski definition) is 5. The van der Waals surface area contributed by atoms with Crippen molar-refractivity contribution in [3.63, 3.8) is 0 Å². The second-order valence-electron chi connectivity index (χ2n) is 4.77. The Hall–Kier alpha value is -2.67. The highest BCUT2D eigenvalue weighted by atomic mass is 32.1. The molecule has 2 aromatic rings. The Balaban J connectivity index is 2.24. The number of methoxy groups -OCH3 is 1. The Morgan fingerprint density at radius 3 is 2.26 bits per heavy atom. The fourth-order valence-corrected chi connectivity index (χ4v) is 2.72. The molecule has 0 aliphatic carbocycles. The normalized spacial score (nSPS) is 10.0. The highest BCUT2D eigenvalue weighted by Gasteiger charge is 2.14. The Kier molecular flexibility index (Phi) is 5.13. The van der Waals surface area contributed by atoms with Gasteiger partial charge in [-0.3, -0.25) is 14.4 Å². The fraction of sp³-hybridized carbons (Fsp3) is 0.188. The lowest BCUT2D eigenvalue weighted by molar-refractivity contribution is -0.114. The lowest BCUT2D eigenvalue weighted by Gasteiger charge is -2.11. The van der Waals surface area contributed by atoms with Gasteiger partial charge in [-0.05, 0) is 37.3 Å². The van der Waals surface area contributed by atoms with Crippen LogP contribution in [0.25, 0.3) is 0 Å². The number of rotatable bonds is 5. The van der Waals surface area contributed by atoms with Crippen molar-refractivity contribution in [3.05, 3.63) is 40.1 Å². The van der Waals surface area contributed by atoms with E-state index in [-0.39, 0.29) is 17.6 Å². The van der Waals surface area contributed by atoms with E-state index in [1.807, 2.05) is 0 Å². The van der Waals surface area contributed by atoms with Crippen molar-refractivity contribution in [2.24, 2.45) is 0 Å². The molecule has 7 heteroatoms. The van der Waals surface area contributed by atoms with Crippen molar-refractivity contribution in [2.75, 3.05) is 17.7 Å². The molecule has 2 N–H and O–H groups in total. The van der Waals surface area contributed by atoms with Crippen LogP contribution < -0.4 is 15.4 Å². The number of benzene rings is 1. The molecule has 0 spiro atoms. The summed E-state index contributed by atoms with van der Waals surface area (Å²) in [4.78, 5) is 35.7. The Morgan fingerprint density at radius 2 is 1.70 bits per heavy atom. The zero-order valence-corrected chi connectivity index (χ0v) is 13.7. The van der Waals surface area contributed by atoms with Gasteiger partial charge in [-0.2, -0.15) is 0 Å². The van der Waals surface area contributed by atoms with Crippen molar-refractivity contribution in [1.29, 1.82) is 0 Å². The van der Waals surface area contributed by atoms with Crippen molar-refractivity contribution < 1.29 is 19.1 Å². The van der Waals surface area contributed by atoms with E-state index in [2.05, 4.69) is 10.6 Å². The van der Waals surface area contributed by atoms with Crippen LogP contribution >= 0.6 is 11.3 Å². The number of carbonyl (C=O) groups excluding carboxylic acids is 3. The maximum absolute atomic E-state index is 12.3. The van der Waals surface area contributed by atoms with E-state index in [4.69, 9.17) is 4.74 Å². The predicted molar refractivity (Wildman–Crippen MR) is 89.6 cm³/mol. The standard InChI is InChI=1S/C16H16N2O4S/c1-9(19)14-6-7-15(23-14)16(21)18-12-8-11(17-10(2)20)4-5-13(12)22-3/h4-8H,1-3H3,(H,17,20)(H,18,21). The average molecular weight is 332 g/mol. The van der Waals surface area contributed by atoms with Crippen LogP contribution in [0.2, 0.25) is 0 Å². The van der Waals surface area contributed by atoms with E-state index >= 15 is 0 Å². The zero-order valence-electron chi connectivity index (χ0n) is 12.9. The van der Waals surface area contributed by atoms with E-state index in [0.29, 0.717) is 26.9 Å². The molecule has 0 radical (unpaired) electrons. The summed E-state index contributed by atoms with van der Waals surface area (Å²) in [5.74, 6) is -0.173. The minimum absolute atomic E-state index is 0.0840. The number of ketones is 1. The molecule has 0 aliphatic heterocycles. The molecule has 0 bridgehead atoms. The highest BCUT2D eigenvalue weighted by Crippen LogP contribution is 2.29. The Labute approximate surface area is 137 Å². The van der Waals surface area contributed by atoms with Crippen LogP contribution in [0, 0.1) is 0 Å². The molecule has 1 aromatic heterocycles. The Bertz CT molecular complexity index is 767. The predicted octanol–water partition coefficient (Wildman–Crippen LogP) is 3.17. The van der Waals surface area contributed by atoms with Gasteiger partial charge in [0, 0.05) is 12.6 Å². The van der Waals surface area contributed by atoms with E-state index in [9.17, 15) is 14.4 Å². The molecule has 0 atom stereocenters. The van der Waals surface area contributed by atoms with Gasteiger partial charge in [-0.1, -0.05) is 0 Å². The largest absolute Gasteiger partial charge is 0.495 e. The number of thiophene rings is 1. The van der Waals surface area contributed by atoms with E-state index < -0.39 is 0 Å². The van der Waals surface area contributed by atoms with Crippen LogP contribution in [0.5, 0.6) is 5.75 Å². The van der Waals surface area contributed by atoms with Crippen molar-refractivity contribution in [1.82, 2.24) is 0 Å². The first-order chi connectivity index (χ1) is 10.9. The number of amides is 2. The first-order valence-electron chi connectivity index (χ1n) is 6.78. The number of anilines is 2. The molecule has 120 valence electrons. The summed E-state index contributed by atoms with van der Waals surface area (Å²) in [6, 6.07) is 8.15. The summed E-state index contributed by atoms with van der Waals surface area (Å²) in [5, 5.41) is 5.37. The number of nitrogens with one attached hydrogen (secondary N) is 2. The summed E-state index contributed by atoms with van der Waals surface area (Å²) in [6.45, 7) is 2.85. The van der Waals surface area contributed by atoms with Gasteiger partial charge in [-0.25, -0.2) is 0 Å². The van der Waals surface area contributed by atoms with Crippen molar-refractivity contribution in [2.45, 2.75) is 13.8 Å². The monoisotopic (exact) mass is 332 g/mol. The highest BCUT2D eigenvalue weighted by molar-refractivity contribution is 7.16. The fourth-order valence-electron chi connectivity index (χ4n) is 1.92. The molecular weight excluding hydrogens is 316 g/mol. The average Bonchev–Trinajstić information content (AvgIpc) is 2.97. The van der Waals surface area contributed by atoms with Gasteiger partial charge in [-0.15, -0.1) is 11.3 Å². The smallest absolute Gasteiger partial charge is 0.265 e. The number of carbonyl (C=O) groups is 3. The van der Waals surface area contributed by atoms with E-state index in [1.54, 1.807) is 30.3 Å². The molecule has 6 nitrogen and oxygen atoms in total. The zero-order chi connectivity index (χ0) is 17.0. The SMILES string of the molecule is COc1ccc(NC(C)=O)cc1NC(=O)c1ccc(C(C)=O)s1. The molecule has 2 amide bonds. The molecular formula is C16H16N2O4S. The topological polar surface area (TPSA) is 84.5 Å². The van der Waals surface area contributed by atoms with Gasteiger partial charge in [0.25, 0.3) is 5.91 Å². The summed E-state index contributed by atoms with van der Waals surface area (Å²) in [6.07, 6.45) is 0. The van der Waals surface area contributed by atoms with Gasteiger partial charge in [0.1, 0.15) is 5.75 Å². The van der Waals surface area contributed by atoms with E-state index in [0.717, 1.165) is 11.3 Å². The first kappa shape index (κ1) is 16.7. The minimum atomic E-state index is -0.347. The third kappa shape index (κ3) is 4.17. The molecule has 0 saturated heterocycles. The first-order valence-corrected chi connectivity index (χ1v) is 7.60. The minimum Gasteiger partial charge on any atom is -0.495 e. The van der Waals surface area contributed by atoms with Crippen molar-refractivity contribution >= 4 is 40.3 Å². The van der Waals surface area contributed by atoms with E-state index in [1.165, 1.54) is 21.0 Å². The molecule has 1 aromatic carbocycles.